The zero-order valence-corrected chi connectivity index (χ0v) is 7.28. The zero-order valence-electron chi connectivity index (χ0n) is 7.28. The molecule has 0 radical (unpaired) electrons. The number of nitrogens with zero attached hydrogens (tertiary/aromatic N) is 1. The van der Waals surface area contributed by atoms with Crippen molar-refractivity contribution in [3.05, 3.63) is 11.4 Å². The topological polar surface area (TPSA) is 4.36 Å². The smallest absolute Gasteiger partial charge is 0.227 e. The van der Waals surface area contributed by atoms with Crippen LogP contribution in [-0.4, -0.2) is 5.54 Å². The molecule has 58 valence electrons. The van der Waals surface area contributed by atoms with E-state index < -0.39 is 0 Å². The van der Waals surface area contributed by atoms with Gasteiger partial charge in [0.1, 0.15) is 0 Å². The average molecular weight is 139 g/mol. The molecule has 0 fully saturated rings. The first kappa shape index (κ1) is 9.49. The molecule has 10 heavy (non-hydrogen) atoms. The van der Waals surface area contributed by atoms with Gasteiger partial charge in [-0.15, -0.1) is 0 Å². The molecule has 0 saturated heterocycles. The van der Waals surface area contributed by atoms with Gasteiger partial charge in [-0.1, -0.05) is 19.8 Å². The van der Waals surface area contributed by atoms with Crippen LogP contribution >= 0.6 is 0 Å². The van der Waals surface area contributed by atoms with Crippen molar-refractivity contribution < 1.29 is 0 Å². The first-order valence-corrected chi connectivity index (χ1v) is 4.01. The van der Waals surface area contributed by atoms with Crippen molar-refractivity contribution in [3.8, 4) is 0 Å². The molecule has 0 amide bonds. The lowest BCUT2D eigenvalue weighted by atomic mass is 9.98. The second-order valence-corrected chi connectivity index (χ2v) is 3.38. The van der Waals surface area contributed by atoms with Gasteiger partial charge < -0.3 is 4.85 Å². The van der Waals surface area contributed by atoms with Crippen molar-refractivity contribution in [2.24, 2.45) is 0 Å². The highest BCUT2D eigenvalue weighted by molar-refractivity contribution is 4.88. The molecule has 0 unspecified atom stereocenters. The largest absolute Gasteiger partial charge is 0.311 e. The molecule has 1 nitrogen and oxygen atoms in total. The maximum Gasteiger partial charge on any atom is 0.227 e. The summed E-state index contributed by atoms with van der Waals surface area (Å²) in [6.45, 7) is 13.1. The summed E-state index contributed by atoms with van der Waals surface area (Å²) in [6, 6.07) is 0. The van der Waals surface area contributed by atoms with Crippen LogP contribution < -0.4 is 0 Å². The summed E-state index contributed by atoms with van der Waals surface area (Å²) in [5.74, 6) is 0. The van der Waals surface area contributed by atoms with E-state index >= 15 is 0 Å². The Morgan fingerprint density at radius 2 is 1.90 bits per heavy atom. The van der Waals surface area contributed by atoms with E-state index in [1.165, 1.54) is 19.3 Å². The van der Waals surface area contributed by atoms with E-state index in [-0.39, 0.29) is 5.54 Å². The summed E-state index contributed by atoms with van der Waals surface area (Å²) in [5.41, 5.74) is -0.116. The van der Waals surface area contributed by atoms with E-state index in [4.69, 9.17) is 6.57 Å². The maximum absolute atomic E-state index is 6.87. The third-order valence-electron chi connectivity index (χ3n) is 1.69. The van der Waals surface area contributed by atoms with Crippen LogP contribution in [0.5, 0.6) is 0 Å². The molecule has 0 atom stereocenters. The molecule has 0 aromatic rings. The molecule has 0 aliphatic heterocycles. The minimum absolute atomic E-state index is 0.116. The Bertz CT molecular complexity index is 119. The van der Waals surface area contributed by atoms with E-state index in [9.17, 15) is 0 Å². The molecule has 0 heterocycles. The van der Waals surface area contributed by atoms with Gasteiger partial charge in [0.25, 0.3) is 0 Å². The van der Waals surface area contributed by atoms with Crippen LogP contribution in [0.4, 0.5) is 0 Å². The number of unbranched alkanes of at least 4 members (excludes halogenated alkanes) is 2. The van der Waals surface area contributed by atoms with Crippen LogP contribution in [0.15, 0.2) is 0 Å². The Morgan fingerprint density at radius 1 is 1.30 bits per heavy atom. The molecular formula is C9H17N. The average Bonchev–Trinajstić information content (AvgIpc) is 1.89. The van der Waals surface area contributed by atoms with Crippen molar-refractivity contribution in [2.45, 2.75) is 52.0 Å². The fraction of sp³-hybridized carbons (Fsp3) is 0.889. The molecule has 0 aromatic carbocycles. The third-order valence-corrected chi connectivity index (χ3v) is 1.69. The van der Waals surface area contributed by atoms with Crippen molar-refractivity contribution in [1.82, 2.24) is 0 Å². The Morgan fingerprint density at radius 3 is 2.30 bits per heavy atom. The van der Waals surface area contributed by atoms with Crippen LogP contribution in [0.1, 0.15) is 46.5 Å². The minimum Gasteiger partial charge on any atom is -0.311 e. The normalized spacial score (nSPS) is 11.0. The number of hydrogen-bond donors (Lipinski definition) is 0. The van der Waals surface area contributed by atoms with Gasteiger partial charge in [-0.05, 0) is 6.42 Å². The molecule has 0 spiro atoms. The lowest BCUT2D eigenvalue weighted by Gasteiger charge is -2.09. The summed E-state index contributed by atoms with van der Waals surface area (Å²) in [4.78, 5) is 3.54. The van der Waals surface area contributed by atoms with Crippen LogP contribution in [0, 0.1) is 6.57 Å². The summed E-state index contributed by atoms with van der Waals surface area (Å²) >= 11 is 0. The Hall–Kier alpha value is -0.510. The van der Waals surface area contributed by atoms with Gasteiger partial charge in [0.15, 0.2) is 0 Å². The van der Waals surface area contributed by atoms with E-state index in [2.05, 4.69) is 11.8 Å². The Kier molecular flexibility index (Phi) is 4.11. The highest BCUT2D eigenvalue weighted by Crippen LogP contribution is 2.17. The van der Waals surface area contributed by atoms with E-state index in [0.717, 1.165) is 6.42 Å². The SMILES string of the molecule is [C-]#[N+]C(C)(C)CCCCC. The van der Waals surface area contributed by atoms with Gasteiger partial charge >= 0.3 is 0 Å². The molecule has 0 aliphatic carbocycles. The minimum atomic E-state index is -0.116. The van der Waals surface area contributed by atoms with Gasteiger partial charge in [-0.25, -0.2) is 6.57 Å². The van der Waals surface area contributed by atoms with Crippen molar-refractivity contribution in [3.63, 3.8) is 0 Å². The molecule has 1 heteroatoms. The molecule has 0 N–H and O–H groups in total. The summed E-state index contributed by atoms with van der Waals surface area (Å²) in [5, 5.41) is 0. The van der Waals surface area contributed by atoms with Crippen LogP contribution in [0.25, 0.3) is 4.85 Å². The first-order valence-electron chi connectivity index (χ1n) is 4.01. The quantitative estimate of drug-likeness (QED) is 0.416. The van der Waals surface area contributed by atoms with Crippen molar-refractivity contribution in [2.75, 3.05) is 0 Å². The lowest BCUT2D eigenvalue weighted by molar-refractivity contribution is 0.513. The Balaban J connectivity index is 3.40. The lowest BCUT2D eigenvalue weighted by Crippen LogP contribution is -2.12. The summed E-state index contributed by atoms with van der Waals surface area (Å²) < 4.78 is 0. The number of hydrogen-bond acceptors (Lipinski definition) is 0. The second kappa shape index (κ2) is 4.33. The third kappa shape index (κ3) is 4.38. The first-order chi connectivity index (χ1) is 4.62. The van der Waals surface area contributed by atoms with Gasteiger partial charge in [0.05, 0.1) is 0 Å². The van der Waals surface area contributed by atoms with Crippen LogP contribution in [0.3, 0.4) is 0 Å². The van der Waals surface area contributed by atoms with Gasteiger partial charge in [-0.3, -0.25) is 0 Å². The number of rotatable bonds is 4. The standard InChI is InChI=1S/C9H17N/c1-5-6-7-8-9(2,3)10-4/h5-8H2,1-3H3. The molecule has 0 aromatic heterocycles. The monoisotopic (exact) mass is 139 g/mol. The van der Waals surface area contributed by atoms with E-state index in [1.807, 2.05) is 13.8 Å². The summed E-state index contributed by atoms with van der Waals surface area (Å²) in [6.07, 6.45) is 4.75. The predicted octanol–water partition coefficient (Wildman–Crippen LogP) is 3.26. The van der Waals surface area contributed by atoms with Gasteiger partial charge in [0, 0.05) is 20.3 Å². The van der Waals surface area contributed by atoms with Crippen molar-refractivity contribution in [1.29, 1.82) is 0 Å². The fourth-order valence-corrected chi connectivity index (χ4v) is 0.864. The molecule has 0 rings (SSSR count). The van der Waals surface area contributed by atoms with Crippen LogP contribution in [-0.2, 0) is 0 Å². The second-order valence-electron chi connectivity index (χ2n) is 3.38. The fourth-order valence-electron chi connectivity index (χ4n) is 0.864. The molecule has 0 bridgehead atoms. The highest BCUT2D eigenvalue weighted by atomic mass is 14.8. The molecule has 0 aliphatic rings. The van der Waals surface area contributed by atoms with Crippen LogP contribution in [0.2, 0.25) is 0 Å². The summed E-state index contributed by atoms with van der Waals surface area (Å²) in [7, 11) is 0. The molecular weight excluding hydrogens is 122 g/mol. The zero-order chi connectivity index (χ0) is 8.04. The van der Waals surface area contributed by atoms with Gasteiger partial charge in [0.2, 0.25) is 5.54 Å². The maximum atomic E-state index is 6.87. The molecule has 0 saturated carbocycles. The van der Waals surface area contributed by atoms with E-state index in [1.54, 1.807) is 0 Å². The van der Waals surface area contributed by atoms with Crippen molar-refractivity contribution >= 4 is 0 Å². The van der Waals surface area contributed by atoms with E-state index in [0.29, 0.717) is 0 Å². The van der Waals surface area contributed by atoms with Gasteiger partial charge in [-0.2, -0.15) is 0 Å². The highest BCUT2D eigenvalue weighted by Gasteiger charge is 2.20. The predicted molar refractivity (Wildman–Crippen MR) is 44.8 cm³/mol. The Labute approximate surface area is 64.3 Å².